The lowest BCUT2D eigenvalue weighted by molar-refractivity contribution is -0.384. The summed E-state index contributed by atoms with van der Waals surface area (Å²) in [7, 11) is -3.84. The van der Waals surface area contributed by atoms with Crippen molar-refractivity contribution in [3.63, 3.8) is 0 Å². The fourth-order valence-electron chi connectivity index (χ4n) is 2.74. The van der Waals surface area contributed by atoms with Crippen molar-refractivity contribution in [3.05, 3.63) is 52.1 Å². The van der Waals surface area contributed by atoms with E-state index in [-0.39, 0.29) is 29.4 Å². The lowest BCUT2D eigenvalue weighted by atomic mass is 10.2. The highest BCUT2D eigenvalue weighted by atomic mass is 32.2. The number of nitrogens with one attached hydrogen (secondary N) is 1. The van der Waals surface area contributed by atoms with Crippen molar-refractivity contribution in [2.24, 2.45) is 5.10 Å². The Morgan fingerprint density at radius 2 is 1.90 bits per heavy atom. The maximum Gasteiger partial charge on any atom is 0.295 e. The van der Waals surface area contributed by atoms with E-state index in [2.05, 4.69) is 10.5 Å². The topological polar surface area (TPSA) is 134 Å². The van der Waals surface area contributed by atoms with Gasteiger partial charge in [0.05, 0.1) is 22.6 Å². The molecule has 2 N–H and O–H groups in total. The zero-order valence-electron chi connectivity index (χ0n) is 17.6. The molecule has 0 heterocycles. The predicted octanol–water partition coefficient (Wildman–Crippen LogP) is 3.57. The first-order valence-corrected chi connectivity index (χ1v) is 11.2. The average molecular weight is 451 g/mol. The molecule has 2 aromatic rings. The van der Waals surface area contributed by atoms with Crippen molar-refractivity contribution in [2.75, 3.05) is 25.1 Å². The summed E-state index contributed by atoms with van der Waals surface area (Å²) in [6, 6.07) is 8.30. The molecule has 0 amide bonds. The molecule has 0 spiro atoms. The van der Waals surface area contributed by atoms with E-state index in [1.807, 2.05) is 6.92 Å². The number of rotatable bonds is 11. The van der Waals surface area contributed by atoms with Gasteiger partial charge in [-0.1, -0.05) is 20.8 Å². The summed E-state index contributed by atoms with van der Waals surface area (Å²) < 4.78 is 31.9. The predicted molar refractivity (Wildman–Crippen MR) is 118 cm³/mol. The van der Waals surface area contributed by atoms with Crippen LogP contribution in [0.5, 0.6) is 11.5 Å². The SMILES string of the molecule is CCCOc1ccc(/C=N/Nc2ccc(S(=O)(=O)N(CC)CC)cc2[N+](=O)[O-])c(O)c1. The number of nitro groups is 1. The summed E-state index contributed by atoms with van der Waals surface area (Å²) in [5.41, 5.74) is 2.49. The van der Waals surface area contributed by atoms with Gasteiger partial charge in [0.1, 0.15) is 17.2 Å². The molecule has 0 radical (unpaired) electrons. The van der Waals surface area contributed by atoms with E-state index in [0.717, 1.165) is 12.5 Å². The molecule has 2 rings (SSSR count). The Morgan fingerprint density at radius 1 is 1.19 bits per heavy atom. The van der Waals surface area contributed by atoms with Crippen LogP contribution in [-0.4, -0.2) is 48.7 Å². The molecule has 0 saturated heterocycles. The highest BCUT2D eigenvalue weighted by molar-refractivity contribution is 7.89. The molecule has 0 fully saturated rings. The lowest BCUT2D eigenvalue weighted by Crippen LogP contribution is -2.30. The summed E-state index contributed by atoms with van der Waals surface area (Å²) in [6.07, 6.45) is 2.13. The molecule has 0 aromatic heterocycles. The minimum Gasteiger partial charge on any atom is -0.507 e. The van der Waals surface area contributed by atoms with Crippen molar-refractivity contribution >= 4 is 27.6 Å². The zero-order valence-corrected chi connectivity index (χ0v) is 18.4. The molecular weight excluding hydrogens is 424 g/mol. The Bertz CT molecular complexity index is 1050. The molecule has 31 heavy (non-hydrogen) atoms. The van der Waals surface area contributed by atoms with Gasteiger partial charge < -0.3 is 9.84 Å². The van der Waals surface area contributed by atoms with Gasteiger partial charge in [0.25, 0.3) is 5.69 Å². The van der Waals surface area contributed by atoms with Gasteiger partial charge in [0.15, 0.2) is 0 Å². The quantitative estimate of drug-likeness (QED) is 0.304. The monoisotopic (exact) mass is 450 g/mol. The number of hydrazone groups is 1. The minimum atomic E-state index is -3.84. The van der Waals surface area contributed by atoms with Crippen LogP contribution < -0.4 is 10.2 Å². The molecule has 11 heteroatoms. The zero-order chi connectivity index (χ0) is 23.0. The maximum absolute atomic E-state index is 12.6. The molecule has 0 aliphatic carbocycles. The van der Waals surface area contributed by atoms with Crippen LogP contribution in [0.25, 0.3) is 0 Å². The second kappa shape index (κ2) is 10.7. The highest BCUT2D eigenvalue weighted by Gasteiger charge is 2.25. The highest BCUT2D eigenvalue weighted by Crippen LogP contribution is 2.29. The van der Waals surface area contributed by atoms with E-state index in [0.29, 0.717) is 17.9 Å². The number of sulfonamides is 1. The summed E-state index contributed by atoms with van der Waals surface area (Å²) in [6.45, 7) is 6.39. The largest absolute Gasteiger partial charge is 0.507 e. The van der Waals surface area contributed by atoms with Gasteiger partial charge in [-0.05, 0) is 30.7 Å². The second-order valence-corrected chi connectivity index (χ2v) is 8.40. The first kappa shape index (κ1) is 24.1. The minimum absolute atomic E-state index is 0.0159. The van der Waals surface area contributed by atoms with E-state index in [1.54, 1.807) is 26.0 Å². The number of phenolic OH excluding ortho intramolecular Hbond substituents is 1. The Labute approximate surface area is 181 Å². The fourth-order valence-corrected chi connectivity index (χ4v) is 4.22. The van der Waals surface area contributed by atoms with Crippen LogP contribution in [0.1, 0.15) is 32.8 Å². The number of aromatic hydroxyl groups is 1. The van der Waals surface area contributed by atoms with Gasteiger partial charge in [0, 0.05) is 30.8 Å². The number of phenols is 1. The number of hydrogen-bond donors (Lipinski definition) is 2. The molecule has 0 aliphatic heterocycles. The van der Waals surface area contributed by atoms with Crippen molar-refractivity contribution in [2.45, 2.75) is 32.1 Å². The molecule has 0 saturated carbocycles. The molecule has 0 atom stereocenters. The average Bonchev–Trinajstić information content (AvgIpc) is 2.74. The van der Waals surface area contributed by atoms with Gasteiger partial charge in [-0.25, -0.2) is 8.42 Å². The van der Waals surface area contributed by atoms with Crippen LogP contribution in [0.15, 0.2) is 46.4 Å². The van der Waals surface area contributed by atoms with E-state index >= 15 is 0 Å². The summed E-state index contributed by atoms with van der Waals surface area (Å²) in [4.78, 5) is 10.6. The molecule has 10 nitrogen and oxygen atoms in total. The third-order valence-corrected chi connectivity index (χ3v) is 6.42. The van der Waals surface area contributed by atoms with E-state index in [9.17, 15) is 23.6 Å². The van der Waals surface area contributed by atoms with Gasteiger partial charge in [-0.3, -0.25) is 15.5 Å². The molecular formula is C20H26N4O6S. The lowest BCUT2D eigenvalue weighted by Gasteiger charge is -2.18. The normalized spacial score (nSPS) is 11.7. The fraction of sp³-hybridized carbons (Fsp3) is 0.350. The van der Waals surface area contributed by atoms with Crippen molar-refractivity contribution in [1.29, 1.82) is 0 Å². The van der Waals surface area contributed by atoms with Gasteiger partial charge in [-0.15, -0.1) is 0 Å². The Morgan fingerprint density at radius 3 is 2.48 bits per heavy atom. The molecule has 168 valence electrons. The molecule has 0 aliphatic rings. The summed E-state index contributed by atoms with van der Waals surface area (Å²) in [5, 5.41) is 25.5. The van der Waals surface area contributed by atoms with E-state index in [1.165, 1.54) is 28.7 Å². The smallest absolute Gasteiger partial charge is 0.295 e. The van der Waals surface area contributed by atoms with Crippen LogP contribution in [0.3, 0.4) is 0 Å². The van der Waals surface area contributed by atoms with Gasteiger partial charge in [-0.2, -0.15) is 9.41 Å². The summed E-state index contributed by atoms with van der Waals surface area (Å²) in [5.74, 6) is 0.458. The van der Waals surface area contributed by atoms with Crippen LogP contribution >= 0.6 is 0 Å². The first-order valence-electron chi connectivity index (χ1n) is 9.78. The Hall–Kier alpha value is -3.18. The third kappa shape index (κ3) is 5.92. The number of nitro benzene ring substituents is 1. The second-order valence-electron chi connectivity index (χ2n) is 6.46. The van der Waals surface area contributed by atoms with Crippen molar-refractivity contribution in [3.8, 4) is 11.5 Å². The van der Waals surface area contributed by atoms with Gasteiger partial charge >= 0.3 is 0 Å². The van der Waals surface area contributed by atoms with Crippen LogP contribution in [-0.2, 0) is 10.0 Å². The first-order chi connectivity index (χ1) is 14.7. The standard InChI is InChI=1S/C20H26N4O6S/c1-4-11-30-16-8-7-15(20(25)12-16)14-21-22-18-10-9-17(13-19(18)24(26)27)31(28,29)23(5-2)6-3/h7-10,12-14,22,25H,4-6,11H2,1-3H3/b21-14+. The van der Waals surface area contributed by atoms with Crippen LogP contribution in [0, 0.1) is 10.1 Å². The van der Waals surface area contributed by atoms with Crippen LogP contribution in [0.4, 0.5) is 11.4 Å². The molecule has 0 bridgehead atoms. The summed E-state index contributed by atoms with van der Waals surface area (Å²) >= 11 is 0. The molecule has 0 unspecified atom stereocenters. The number of ether oxygens (including phenoxy) is 1. The van der Waals surface area contributed by atoms with Crippen molar-refractivity contribution < 1.29 is 23.2 Å². The third-order valence-electron chi connectivity index (χ3n) is 4.37. The van der Waals surface area contributed by atoms with E-state index < -0.39 is 20.6 Å². The number of nitrogens with zero attached hydrogens (tertiary/aromatic N) is 3. The van der Waals surface area contributed by atoms with Crippen LogP contribution in [0.2, 0.25) is 0 Å². The number of benzene rings is 2. The Kier molecular flexibility index (Phi) is 8.34. The number of anilines is 1. The number of hydrogen-bond acceptors (Lipinski definition) is 8. The van der Waals surface area contributed by atoms with Gasteiger partial charge in [0.2, 0.25) is 10.0 Å². The Balaban J connectivity index is 2.25. The molecule has 2 aromatic carbocycles. The maximum atomic E-state index is 12.6. The van der Waals surface area contributed by atoms with E-state index in [4.69, 9.17) is 4.74 Å². The van der Waals surface area contributed by atoms with Crippen molar-refractivity contribution in [1.82, 2.24) is 4.31 Å².